The number of hydrogen-bond donors (Lipinski definition) is 1. The molecule has 19 heavy (non-hydrogen) atoms. The third-order valence-corrected chi connectivity index (χ3v) is 3.65. The molecule has 1 saturated heterocycles. The van der Waals surface area contributed by atoms with E-state index in [1.54, 1.807) is 4.90 Å². The van der Waals surface area contributed by atoms with Gasteiger partial charge in [-0.1, -0.05) is 23.7 Å². The molecule has 1 aromatic carbocycles. The van der Waals surface area contributed by atoms with Gasteiger partial charge in [0.25, 0.3) is 0 Å². The standard InChI is InChI=1S/C14H19ClN2O2/c1-19-14(18)17-8-11(7-13(16)9-17)5-10-3-2-4-12(15)6-10/h2-4,6,11,13H,5,7-9,16H2,1H3. The van der Waals surface area contributed by atoms with Crippen LogP contribution >= 0.6 is 11.6 Å². The fourth-order valence-electron chi connectivity index (χ4n) is 2.67. The molecule has 0 spiro atoms. The zero-order valence-electron chi connectivity index (χ0n) is 11.0. The van der Waals surface area contributed by atoms with Crippen LogP contribution in [-0.4, -0.2) is 37.2 Å². The molecule has 2 atom stereocenters. The van der Waals surface area contributed by atoms with Crippen LogP contribution in [0.1, 0.15) is 12.0 Å². The number of hydrogen-bond acceptors (Lipinski definition) is 3. The van der Waals surface area contributed by atoms with E-state index in [2.05, 4.69) is 6.07 Å². The van der Waals surface area contributed by atoms with E-state index in [-0.39, 0.29) is 12.1 Å². The molecule has 2 N–H and O–H groups in total. The first-order chi connectivity index (χ1) is 9.08. The molecule has 1 aliphatic heterocycles. The second-order valence-electron chi connectivity index (χ2n) is 5.07. The van der Waals surface area contributed by atoms with E-state index < -0.39 is 0 Å². The Kier molecular flexibility index (Phi) is 4.66. The summed E-state index contributed by atoms with van der Waals surface area (Å²) in [4.78, 5) is 13.3. The van der Waals surface area contributed by atoms with Crippen LogP contribution in [0.4, 0.5) is 4.79 Å². The third-order valence-electron chi connectivity index (χ3n) is 3.42. The Labute approximate surface area is 118 Å². The first-order valence-corrected chi connectivity index (χ1v) is 6.79. The van der Waals surface area contributed by atoms with Crippen LogP contribution in [0.3, 0.4) is 0 Å². The van der Waals surface area contributed by atoms with E-state index >= 15 is 0 Å². The molecule has 5 heteroatoms. The lowest BCUT2D eigenvalue weighted by Crippen LogP contribution is -2.49. The van der Waals surface area contributed by atoms with Crippen molar-refractivity contribution in [2.45, 2.75) is 18.9 Å². The number of piperidine rings is 1. The summed E-state index contributed by atoms with van der Waals surface area (Å²) in [5, 5.41) is 0.738. The van der Waals surface area contributed by atoms with Crippen molar-refractivity contribution in [2.75, 3.05) is 20.2 Å². The Balaban J connectivity index is 2.01. The highest BCUT2D eigenvalue weighted by Crippen LogP contribution is 2.22. The van der Waals surface area contributed by atoms with Crippen LogP contribution in [0.2, 0.25) is 5.02 Å². The average Bonchev–Trinajstić information content (AvgIpc) is 2.37. The maximum absolute atomic E-state index is 11.6. The van der Waals surface area contributed by atoms with Crippen LogP contribution in [0.5, 0.6) is 0 Å². The predicted octanol–water partition coefficient (Wildman–Crippen LogP) is 2.30. The second-order valence-corrected chi connectivity index (χ2v) is 5.51. The van der Waals surface area contributed by atoms with Crippen LogP contribution in [0, 0.1) is 5.92 Å². The number of carbonyl (C=O) groups excluding carboxylic acids is 1. The second kappa shape index (κ2) is 6.26. The highest BCUT2D eigenvalue weighted by atomic mass is 35.5. The molecule has 104 valence electrons. The number of nitrogens with two attached hydrogens (primary N) is 1. The molecule has 1 heterocycles. The molecular weight excluding hydrogens is 264 g/mol. The van der Waals surface area contributed by atoms with E-state index in [1.807, 2.05) is 18.2 Å². The van der Waals surface area contributed by atoms with Gasteiger partial charge in [-0.2, -0.15) is 0 Å². The van der Waals surface area contributed by atoms with Crippen LogP contribution in [0.15, 0.2) is 24.3 Å². The number of carbonyl (C=O) groups is 1. The van der Waals surface area contributed by atoms with Gasteiger partial charge >= 0.3 is 6.09 Å². The number of likely N-dealkylation sites (tertiary alicyclic amines) is 1. The minimum atomic E-state index is -0.300. The Morgan fingerprint density at radius 3 is 3.00 bits per heavy atom. The number of benzene rings is 1. The summed E-state index contributed by atoms with van der Waals surface area (Å²) < 4.78 is 4.77. The molecule has 2 unspecified atom stereocenters. The zero-order chi connectivity index (χ0) is 13.8. The molecule has 1 fully saturated rings. The van der Waals surface area contributed by atoms with Gasteiger partial charge in [-0.05, 0) is 36.5 Å². The van der Waals surface area contributed by atoms with E-state index in [0.29, 0.717) is 19.0 Å². The molecule has 0 aliphatic carbocycles. The number of amides is 1. The van der Waals surface area contributed by atoms with Gasteiger partial charge in [0.1, 0.15) is 0 Å². The average molecular weight is 283 g/mol. The van der Waals surface area contributed by atoms with E-state index in [9.17, 15) is 4.79 Å². The molecule has 0 aromatic heterocycles. The summed E-state index contributed by atoms with van der Waals surface area (Å²) in [6.07, 6.45) is 1.49. The largest absolute Gasteiger partial charge is 0.453 e. The maximum Gasteiger partial charge on any atom is 0.409 e. The first-order valence-electron chi connectivity index (χ1n) is 6.41. The summed E-state index contributed by atoms with van der Waals surface area (Å²) >= 11 is 5.98. The fourth-order valence-corrected chi connectivity index (χ4v) is 2.88. The van der Waals surface area contributed by atoms with Crippen LogP contribution in [0.25, 0.3) is 0 Å². The minimum Gasteiger partial charge on any atom is -0.453 e. The van der Waals surface area contributed by atoms with E-state index in [1.165, 1.54) is 12.7 Å². The molecule has 2 rings (SSSR count). The molecule has 0 radical (unpaired) electrons. The van der Waals surface area contributed by atoms with Gasteiger partial charge in [-0.25, -0.2) is 4.79 Å². The number of nitrogens with zero attached hydrogens (tertiary/aromatic N) is 1. The van der Waals surface area contributed by atoms with Crippen molar-refractivity contribution < 1.29 is 9.53 Å². The Bertz CT molecular complexity index is 453. The van der Waals surface area contributed by atoms with Crippen molar-refractivity contribution in [1.82, 2.24) is 4.90 Å². The number of ether oxygens (including phenoxy) is 1. The van der Waals surface area contributed by atoms with Gasteiger partial charge in [0.15, 0.2) is 0 Å². The first kappa shape index (κ1) is 14.2. The van der Waals surface area contributed by atoms with E-state index in [4.69, 9.17) is 22.1 Å². The summed E-state index contributed by atoms with van der Waals surface area (Å²) in [5.41, 5.74) is 7.19. The van der Waals surface area contributed by atoms with Crippen molar-refractivity contribution in [3.63, 3.8) is 0 Å². The van der Waals surface area contributed by atoms with Gasteiger partial charge in [0, 0.05) is 24.2 Å². The van der Waals surface area contributed by atoms with Gasteiger partial charge in [0.2, 0.25) is 0 Å². The fraction of sp³-hybridized carbons (Fsp3) is 0.500. The number of methoxy groups -OCH3 is 1. The third kappa shape index (κ3) is 3.85. The molecular formula is C14H19ClN2O2. The lowest BCUT2D eigenvalue weighted by molar-refractivity contribution is 0.0962. The highest BCUT2D eigenvalue weighted by molar-refractivity contribution is 6.30. The molecule has 4 nitrogen and oxygen atoms in total. The van der Waals surface area contributed by atoms with Gasteiger partial charge in [0.05, 0.1) is 7.11 Å². The van der Waals surface area contributed by atoms with Crippen molar-refractivity contribution in [1.29, 1.82) is 0 Å². The van der Waals surface area contributed by atoms with Gasteiger partial charge in [-0.15, -0.1) is 0 Å². The van der Waals surface area contributed by atoms with Crippen LogP contribution < -0.4 is 5.73 Å². The quantitative estimate of drug-likeness (QED) is 0.905. The summed E-state index contributed by atoms with van der Waals surface area (Å²) in [7, 11) is 1.40. The molecule has 1 aliphatic rings. The Morgan fingerprint density at radius 2 is 2.32 bits per heavy atom. The summed E-state index contributed by atoms with van der Waals surface area (Å²) in [6, 6.07) is 7.83. The Hall–Kier alpha value is -1.26. The monoisotopic (exact) mass is 282 g/mol. The number of rotatable bonds is 2. The normalized spacial score (nSPS) is 23.2. The predicted molar refractivity (Wildman–Crippen MR) is 75.2 cm³/mol. The van der Waals surface area contributed by atoms with Crippen molar-refractivity contribution in [3.8, 4) is 0 Å². The van der Waals surface area contributed by atoms with Crippen molar-refractivity contribution in [3.05, 3.63) is 34.9 Å². The number of halogens is 1. The highest BCUT2D eigenvalue weighted by Gasteiger charge is 2.28. The smallest absolute Gasteiger partial charge is 0.409 e. The molecule has 0 saturated carbocycles. The lowest BCUT2D eigenvalue weighted by atomic mass is 9.89. The van der Waals surface area contributed by atoms with Crippen molar-refractivity contribution >= 4 is 17.7 Å². The van der Waals surface area contributed by atoms with E-state index in [0.717, 1.165) is 17.9 Å². The summed E-state index contributed by atoms with van der Waals surface area (Å²) in [5.74, 6) is 0.348. The minimum absolute atomic E-state index is 0.0111. The molecule has 1 aromatic rings. The molecule has 1 amide bonds. The zero-order valence-corrected chi connectivity index (χ0v) is 11.8. The lowest BCUT2D eigenvalue weighted by Gasteiger charge is -2.35. The molecule has 0 bridgehead atoms. The summed E-state index contributed by atoms with van der Waals surface area (Å²) in [6.45, 7) is 1.26. The van der Waals surface area contributed by atoms with Gasteiger partial charge < -0.3 is 15.4 Å². The topological polar surface area (TPSA) is 55.6 Å². The van der Waals surface area contributed by atoms with Crippen molar-refractivity contribution in [2.24, 2.45) is 11.7 Å². The maximum atomic E-state index is 11.6. The Morgan fingerprint density at radius 1 is 1.53 bits per heavy atom. The van der Waals surface area contributed by atoms with Crippen LogP contribution in [-0.2, 0) is 11.2 Å². The SMILES string of the molecule is COC(=O)N1CC(N)CC(Cc2cccc(Cl)c2)C1. The van der Waals surface area contributed by atoms with Gasteiger partial charge in [-0.3, -0.25) is 0 Å².